The number of ether oxygens (including phenoxy) is 2. The second kappa shape index (κ2) is 7.70. The van der Waals surface area contributed by atoms with Crippen LogP contribution in [0.25, 0.3) is 11.3 Å². The molecule has 0 saturated heterocycles. The van der Waals surface area contributed by atoms with Crippen LogP contribution in [0.3, 0.4) is 0 Å². The zero-order valence-corrected chi connectivity index (χ0v) is 11.5. The molecule has 1 heterocycles. The van der Waals surface area contributed by atoms with Crippen LogP contribution in [0.1, 0.15) is 5.69 Å². The highest BCUT2D eigenvalue weighted by Gasteiger charge is 2.14. The molecule has 7 heteroatoms. The number of nitrogens with zero attached hydrogens (tertiary/aromatic N) is 1. The predicted octanol–water partition coefficient (Wildman–Crippen LogP) is 2.68. The van der Waals surface area contributed by atoms with Crippen molar-refractivity contribution in [1.29, 1.82) is 0 Å². The van der Waals surface area contributed by atoms with Crippen LogP contribution in [0.5, 0.6) is 5.75 Å². The molecule has 0 unspecified atom stereocenters. The van der Waals surface area contributed by atoms with E-state index in [0.29, 0.717) is 36.7 Å². The van der Waals surface area contributed by atoms with E-state index in [-0.39, 0.29) is 5.75 Å². The lowest BCUT2D eigenvalue weighted by Crippen LogP contribution is -2.18. The lowest BCUT2D eigenvalue weighted by atomic mass is 10.1. The SMILES string of the molecule is COCCNCc1cc(-c2ccccc2OC(F)F)on1. The van der Waals surface area contributed by atoms with E-state index >= 15 is 0 Å². The first-order valence-electron chi connectivity index (χ1n) is 6.40. The highest BCUT2D eigenvalue weighted by Crippen LogP contribution is 2.31. The minimum atomic E-state index is -2.88. The molecule has 0 saturated carbocycles. The third-order valence-corrected chi connectivity index (χ3v) is 2.72. The van der Waals surface area contributed by atoms with E-state index in [2.05, 4.69) is 15.2 Å². The first-order valence-corrected chi connectivity index (χ1v) is 6.40. The van der Waals surface area contributed by atoms with Crippen molar-refractivity contribution in [2.75, 3.05) is 20.3 Å². The Kier molecular flexibility index (Phi) is 5.65. The molecule has 0 atom stereocenters. The van der Waals surface area contributed by atoms with E-state index in [4.69, 9.17) is 9.26 Å². The van der Waals surface area contributed by atoms with Crippen LogP contribution in [0.2, 0.25) is 0 Å². The van der Waals surface area contributed by atoms with Gasteiger partial charge >= 0.3 is 6.61 Å². The van der Waals surface area contributed by atoms with Gasteiger partial charge in [-0.3, -0.25) is 0 Å². The van der Waals surface area contributed by atoms with Crippen molar-refractivity contribution in [1.82, 2.24) is 10.5 Å². The summed E-state index contributed by atoms with van der Waals surface area (Å²) in [5, 5.41) is 7.00. The van der Waals surface area contributed by atoms with E-state index < -0.39 is 6.61 Å². The average Bonchev–Trinajstić information content (AvgIpc) is 2.92. The number of aromatic nitrogens is 1. The molecule has 0 aliphatic carbocycles. The minimum absolute atomic E-state index is 0.0579. The Morgan fingerprint density at radius 1 is 1.33 bits per heavy atom. The van der Waals surface area contributed by atoms with Gasteiger partial charge < -0.3 is 19.3 Å². The van der Waals surface area contributed by atoms with Crippen molar-refractivity contribution in [3.63, 3.8) is 0 Å². The molecule has 0 radical (unpaired) electrons. The second-order valence-electron chi connectivity index (χ2n) is 4.23. The molecule has 2 rings (SSSR count). The molecule has 1 N–H and O–H groups in total. The van der Waals surface area contributed by atoms with Crippen LogP contribution in [-0.4, -0.2) is 32.0 Å². The molecular formula is C14H16F2N2O3. The number of hydrogen-bond donors (Lipinski definition) is 1. The normalized spacial score (nSPS) is 11.0. The third-order valence-electron chi connectivity index (χ3n) is 2.72. The number of methoxy groups -OCH3 is 1. The van der Waals surface area contributed by atoms with Gasteiger partial charge in [0, 0.05) is 26.3 Å². The van der Waals surface area contributed by atoms with Gasteiger partial charge in [0.2, 0.25) is 0 Å². The van der Waals surface area contributed by atoms with Gasteiger partial charge in [0.1, 0.15) is 5.75 Å². The topological polar surface area (TPSA) is 56.5 Å². The molecule has 0 aliphatic heterocycles. The fourth-order valence-electron chi connectivity index (χ4n) is 1.78. The van der Waals surface area contributed by atoms with Crippen molar-refractivity contribution in [3.8, 4) is 17.1 Å². The standard InChI is InChI=1S/C14H16F2N2O3/c1-19-7-6-17-9-10-8-13(21-18-10)11-4-2-3-5-12(11)20-14(15)16/h2-5,8,14,17H,6-7,9H2,1H3. The smallest absolute Gasteiger partial charge is 0.387 e. The van der Waals surface area contributed by atoms with Crippen molar-refractivity contribution in [2.24, 2.45) is 0 Å². The van der Waals surface area contributed by atoms with Gasteiger partial charge in [0.05, 0.1) is 17.9 Å². The Balaban J connectivity index is 2.07. The number of benzene rings is 1. The second-order valence-corrected chi connectivity index (χ2v) is 4.23. The molecular weight excluding hydrogens is 282 g/mol. The molecule has 0 amide bonds. The zero-order chi connectivity index (χ0) is 15.1. The largest absolute Gasteiger partial charge is 0.434 e. The zero-order valence-electron chi connectivity index (χ0n) is 11.5. The van der Waals surface area contributed by atoms with Crippen molar-refractivity contribution < 1.29 is 22.8 Å². The molecule has 5 nitrogen and oxygen atoms in total. The van der Waals surface area contributed by atoms with Gasteiger partial charge in [-0.15, -0.1) is 0 Å². The van der Waals surface area contributed by atoms with Crippen LogP contribution < -0.4 is 10.1 Å². The summed E-state index contributed by atoms with van der Waals surface area (Å²) in [4.78, 5) is 0. The van der Waals surface area contributed by atoms with E-state index in [1.54, 1.807) is 31.4 Å². The molecule has 0 aliphatic rings. The van der Waals surface area contributed by atoms with Crippen molar-refractivity contribution in [2.45, 2.75) is 13.2 Å². The molecule has 0 fully saturated rings. The van der Waals surface area contributed by atoms with E-state index in [0.717, 1.165) is 0 Å². The van der Waals surface area contributed by atoms with Gasteiger partial charge in [-0.2, -0.15) is 8.78 Å². The quantitative estimate of drug-likeness (QED) is 0.759. The van der Waals surface area contributed by atoms with Crippen molar-refractivity contribution in [3.05, 3.63) is 36.0 Å². The fraction of sp³-hybridized carbons (Fsp3) is 0.357. The average molecular weight is 298 g/mol. The van der Waals surface area contributed by atoms with Gasteiger partial charge in [-0.05, 0) is 12.1 Å². The number of rotatable bonds is 8. The summed E-state index contributed by atoms with van der Waals surface area (Å²) < 4.78 is 39.3. The third kappa shape index (κ3) is 4.51. The number of halogens is 2. The van der Waals surface area contributed by atoms with Crippen LogP contribution in [-0.2, 0) is 11.3 Å². The maximum absolute atomic E-state index is 12.4. The number of hydrogen-bond acceptors (Lipinski definition) is 5. The van der Waals surface area contributed by atoms with Crippen molar-refractivity contribution >= 4 is 0 Å². The molecule has 21 heavy (non-hydrogen) atoms. The highest BCUT2D eigenvalue weighted by molar-refractivity contribution is 5.65. The van der Waals surface area contributed by atoms with Crippen LogP contribution in [0.15, 0.2) is 34.9 Å². The van der Waals surface area contributed by atoms with E-state index in [1.807, 2.05) is 0 Å². The monoisotopic (exact) mass is 298 g/mol. The molecule has 1 aromatic carbocycles. The number of alkyl halides is 2. The van der Waals surface area contributed by atoms with Gasteiger partial charge in [0.15, 0.2) is 5.76 Å². The summed E-state index contributed by atoms with van der Waals surface area (Å²) in [5.41, 5.74) is 1.11. The fourth-order valence-corrected chi connectivity index (χ4v) is 1.78. The van der Waals surface area contributed by atoms with E-state index in [9.17, 15) is 8.78 Å². The van der Waals surface area contributed by atoms with Crippen LogP contribution in [0, 0.1) is 0 Å². The maximum atomic E-state index is 12.4. The first kappa shape index (κ1) is 15.4. The Morgan fingerprint density at radius 3 is 2.90 bits per heavy atom. The Morgan fingerprint density at radius 2 is 2.14 bits per heavy atom. The van der Waals surface area contributed by atoms with E-state index in [1.165, 1.54) is 6.07 Å². The summed E-state index contributed by atoms with van der Waals surface area (Å²) >= 11 is 0. The molecule has 0 spiro atoms. The molecule has 2 aromatic rings. The first-order chi connectivity index (χ1) is 10.2. The highest BCUT2D eigenvalue weighted by atomic mass is 19.3. The Bertz CT molecular complexity index is 561. The summed E-state index contributed by atoms with van der Waals surface area (Å²) in [6.07, 6.45) is 0. The Labute approximate surface area is 120 Å². The minimum Gasteiger partial charge on any atom is -0.434 e. The number of para-hydroxylation sites is 1. The lowest BCUT2D eigenvalue weighted by molar-refractivity contribution is -0.0495. The molecule has 114 valence electrons. The Hall–Kier alpha value is -1.99. The van der Waals surface area contributed by atoms with Crippen LogP contribution in [0.4, 0.5) is 8.78 Å². The summed E-state index contributed by atoms with van der Waals surface area (Å²) in [7, 11) is 1.62. The molecule has 0 bridgehead atoms. The summed E-state index contributed by atoms with van der Waals surface area (Å²) in [6, 6.07) is 8.12. The summed E-state index contributed by atoms with van der Waals surface area (Å²) in [6.45, 7) is -1.10. The van der Waals surface area contributed by atoms with Gasteiger partial charge in [-0.25, -0.2) is 0 Å². The lowest BCUT2D eigenvalue weighted by Gasteiger charge is -2.07. The maximum Gasteiger partial charge on any atom is 0.387 e. The summed E-state index contributed by atoms with van der Waals surface area (Å²) in [5.74, 6) is 0.442. The van der Waals surface area contributed by atoms with Crippen LogP contribution >= 0.6 is 0 Å². The predicted molar refractivity (Wildman–Crippen MR) is 72.2 cm³/mol. The molecule has 1 aromatic heterocycles. The van der Waals surface area contributed by atoms with Gasteiger partial charge in [-0.1, -0.05) is 17.3 Å². The number of nitrogens with one attached hydrogen (secondary N) is 1. The van der Waals surface area contributed by atoms with Gasteiger partial charge in [0.25, 0.3) is 0 Å².